The number of aliphatic hydroxyl groups excluding tert-OH is 1. The Labute approximate surface area is 159 Å². The smallest absolute Gasteiger partial charge is 0.172 e. The molecule has 0 aromatic heterocycles. The Morgan fingerprint density at radius 2 is 1.44 bits per heavy atom. The van der Waals surface area contributed by atoms with Crippen molar-refractivity contribution in [2.45, 2.75) is 19.8 Å². The normalized spacial score (nSPS) is 11.6. The van der Waals surface area contributed by atoms with Gasteiger partial charge in [-0.25, -0.2) is 0 Å². The standard InChI is InChI=1S/C21H26O6/c1-5-26-17-9-7-14(11-19(17)24-3)16(13-22)21(23)15-8-10-18(27-6-2)20(12-15)25-4/h7-12,16,22H,5-6,13H2,1-4H3. The summed E-state index contributed by atoms with van der Waals surface area (Å²) in [5.74, 6) is 1.21. The van der Waals surface area contributed by atoms with Gasteiger partial charge in [0.2, 0.25) is 0 Å². The lowest BCUT2D eigenvalue weighted by Gasteiger charge is -2.17. The summed E-state index contributed by atoms with van der Waals surface area (Å²) in [4.78, 5) is 13.0. The summed E-state index contributed by atoms with van der Waals surface area (Å²) in [7, 11) is 3.06. The molecule has 2 aromatic carbocycles. The summed E-state index contributed by atoms with van der Waals surface area (Å²) in [6.07, 6.45) is 0. The van der Waals surface area contributed by atoms with Crippen LogP contribution in [-0.4, -0.2) is 44.9 Å². The number of hydrogen-bond donors (Lipinski definition) is 1. The average Bonchev–Trinajstić information content (AvgIpc) is 2.70. The number of rotatable bonds is 10. The van der Waals surface area contributed by atoms with E-state index in [0.717, 1.165) is 0 Å². The highest BCUT2D eigenvalue weighted by molar-refractivity contribution is 6.01. The van der Waals surface area contributed by atoms with Crippen molar-refractivity contribution >= 4 is 5.78 Å². The maximum absolute atomic E-state index is 13.0. The van der Waals surface area contributed by atoms with E-state index < -0.39 is 5.92 Å². The SMILES string of the molecule is CCOc1ccc(C(=O)C(CO)c2ccc(OCC)c(OC)c2)cc1OC. The molecule has 1 N–H and O–H groups in total. The quantitative estimate of drug-likeness (QED) is 0.642. The largest absolute Gasteiger partial charge is 0.493 e. The van der Waals surface area contributed by atoms with Crippen LogP contribution in [0.4, 0.5) is 0 Å². The molecule has 0 bridgehead atoms. The molecule has 0 aliphatic rings. The van der Waals surface area contributed by atoms with E-state index in [0.29, 0.717) is 47.3 Å². The Kier molecular flexibility index (Phi) is 7.49. The van der Waals surface area contributed by atoms with Crippen molar-refractivity contribution in [3.05, 3.63) is 47.5 Å². The average molecular weight is 374 g/mol. The molecule has 0 saturated carbocycles. The fraction of sp³-hybridized carbons (Fsp3) is 0.381. The van der Waals surface area contributed by atoms with Crippen molar-refractivity contribution in [3.8, 4) is 23.0 Å². The first-order chi connectivity index (χ1) is 13.1. The minimum Gasteiger partial charge on any atom is -0.493 e. The Hall–Kier alpha value is -2.73. The van der Waals surface area contributed by atoms with Crippen molar-refractivity contribution in [3.63, 3.8) is 0 Å². The highest BCUT2D eigenvalue weighted by Gasteiger charge is 2.24. The van der Waals surface area contributed by atoms with Crippen molar-refractivity contribution < 1.29 is 28.8 Å². The first-order valence-corrected chi connectivity index (χ1v) is 8.86. The highest BCUT2D eigenvalue weighted by atomic mass is 16.5. The third-order valence-corrected chi connectivity index (χ3v) is 4.14. The molecule has 6 heteroatoms. The van der Waals surface area contributed by atoms with Gasteiger partial charge in [-0.05, 0) is 49.7 Å². The molecule has 0 aliphatic heterocycles. The number of methoxy groups -OCH3 is 2. The molecule has 0 fully saturated rings. The van der Waals surface area contributed by atoms with E-state index >= 15 is 0 Å². The minimum absolute atomic E-state index is 0.218. The minimum atomic E-state index is -0.725. The highest BCUT2D eigenvalue weighted by Crippen LogP contribution is 2.34. The summed E-state index contributed by atoms with van der Waals surface area (Å²) in [5.41, 5.74) is 1.08. The topological polar surface area (TPSA) is 74.2 Å². The second kappa shape index (κ2) is 9.83. The molecule has 2 aromatic rings. The van der Waals surface area contributed by atoms with Crippen molar-refractivity contribution in [1.82, 2.24) is 0 Å². The number of carbonyl (C=O) groups excluding carboxylic acids is 1. The van der Waals surface area contributed by atoms with E-state index in [9.17, 15) is 9.90 Å². The van der Waals surface area contributed by atoms with E-state index in [1.807, 2.05) is 13.8 Å². The number of ketones is 1. The molecule has 0 aliphatic carbocycles. The predicted molar refractivity (Wildman–Crippen MR) is 102 cm³/mol. The van der Waals surface area contributed by atoms with Crippen LogP contribution < -0.4 is 18.9 Å². The van der Waals surface area contributed by atoms with Crippen LogP contribution in [0.5, 0.6) is 23.0 Å². The van der Waals surface area contributed by atoms with E-state index in [2.05, 4.69) is 0 Å². The van der Waals surface area contributed by atoms with Crippen molar-refractivity contribution in [2.75, 3.05) is 34.0 Å². The zero-order valence-electron chi connectivity index (χ0n) is 16.2. The first-order valence-electron chi connectivity index (χ1n) is 8.86. The Morgan fingerprint density at radius 1 is 0.889 bits per heavy atom. The van der Waals surface area contributed by atoms with Crippen LogP contribution >= 0.6 is 0 Å². The third-order valence-electron chi connectivity index (χ3n) is 4.14. The van der Waals surface area contributed by atoms with Gasteiger partial charge in [-0.2, -0.15) is 0 Å². The molecular weight excluding hydrogens is 348 g/mol. The molecule has 0 radical (unpaired) electrons. The molecule has 0 spiro atoms. The van der Waals surface area contributed by atoms with Crippen LogP contribution in [0.1, 0.15) is 35.7 Å². The summed E-state index contributed by atoms with van der Waals surface area (Å²) in [5, 5.41) is 9.86. The van der Waals surface area contributed by atoms with E-state index in [-0.39, 0.29) is 12.4 Å². The van der Waals surface area contributed by atoms with Gasteiger partial charge in [0, 0.05) is 5.56 Å². The molecule has 1 atom stereocenters. The zero-order chi connectivity index (χ0) is 19.8. The second-order valence-electron chi connectivity index (χ2n) is 5.74. The number of carbonyl (C=O) groups is 1. The van der Waals surface area contributed by atoms with Gasteiger partial charge in [0.15, 0.2) is 28.8 Å². The van der Waals surface area contributed by atoms with Crippen molar-refractivity contribution in [1.29, 1.82) is 0 Å². The van der Waals surface area contributed by atoms with Gasteiger partial charge >= 0.3 is 0 Å². The Morgan fingerprint density at radius 3 is 1.96 bits per heavy atom. The van der Waals surface area contributed by atoms with Crippen LogP contribution in [0.15, 0.2) is 36.4 Å². The summed E-state index contributed by atoms with van der Waals surface area (Å²) >= 11 is 0. The molecule has 6 nitrogen and oxygen atoms in total. The molecule has 2 rings (SSSR count). The summed E-state index contributed by atoms with van der Waals surface area (Å²) in [6.45, 7) is 4.43. The fourth-order valence-electron chi connectivity index (χ4n) is 2.81. The summed E-state index contributed by atoms with van der Waals surface area (Å²) < 4.78 is 21.6. The number of aliphatic hydroxyl groups is 1. The van der Waals surface area contributed by atoms with Gasteiger partial charge in [0.25, 0.3) is 0 Å². The Bertz CT molecular complexity index is 771. The lowest BCUT2D eigenvalue weighted by Crippen LogP contribution is -2.17. The predicted octanol–water partition coefficient (Wildman–Crippen LogP) is 3.46. The van der Waals surface area contributed by atoms with Crippen LogP contribution in [0, 0.1) is 0 Å². The van der Waals surface area contributed by atoms with Crippen LogP contribution in [0.3, 0.4) is 0 Å². The summed E-state index contributed by atoms with van der Waals surface area (Å²) in [6, 6.07) is 10.2. The van der Waals surface area contributed by atoms with Gasteiger partial charge in [-0.1, -0.05) is 6.07 Å². The molecule has 0 amide bonds. The molecule has 27 heavy (non-hydrogen) atoms. The molecule has 0 heterocycles. The Balaban J connectivity index is 2.35. The number of ether oxygens (including phenoxy) is 4. The molecule has 0 saturated heterocycles. The van der Waals surface area contributed by atoms with Crippen molar-refractivity contribution in [2.24, 2.45) is 0 Å². The van der Waals surface area contributed by atoms with Gasteiger partial charge in [0.05, 0.1) is 40.0 Å². The van der Waals surface area contributed by atoms with Gasteiger partial charge < -0.3 is 24.1 Å². The monoisotopic (exact) mass is 374 g/mol. The fourth-order valence-corrected chi connectivity index (χ4v) is 2.81. The lowest BCUT2D eigenvalue weighted by molar-refractivity contribution is 0.0921. The van der Waals surface area contributed by atoms with E-state index in [4.69, 9.17) is 18.9 Å². The maximum atomic E-state index is 13.0. The molecule has 146 valence electrons. The van der Waals surface area contributed by atoms with Gasteiger partial charge in [0.1, 0.15) is 0 Å². The second-order valence-corrected chi connectivity index (χ2v) is 5.74. The number of benzene rings is 2. The van der Waals surface area contributed by atoms with Gasteiger partial charge in [-0.15, -0.1) is 0 Å². The zero-order valence-corrected chi connectivity index (χ0v) is 16.2. The lowest BCUT2D eigenvalue weighted by atomic mass is 9.91. The van der Waals surface area contributed by atoms with E-state index in [1.165, 1.54) is 14.2 Å². The van der Waals surface area contributed by atoms with Crippen LogP contribution in [0.25, 0.3) is 0 Å². The first kappa shape index (κ1) is 20.6. The van der Waals surface area contributed by atoms with Gasteiger partial charge in [-0.3, -0.25) is 4.79 Å². The van der Waals surface area contributed by atoms with E-state index in [1.54, 1.807) is 36.4 Å². The third kappa shape index (κ3) is 4.71. The maximum Gasteiger partial charge on any atom is 0.172 e. The van der Waals surface area contributed by atoms with Crippen LogP contribution in [-0.2, 0) is 0 Å². The molecular formula is C21H26O6. The number of Topliss-reactive ketones (excluding diaryl/α,β-unsaturated/α-hetero) is 1. The van der Waals surface area contributed by atoms with Crippen LogP contribution in [0.2, 0.25) is 0 Å². The molecule has 1 unspecified atom stereocenters. The number of hydrogen-bond acceptors (Lipinski definition) is 6.